The Morgan fingerprint density at radius 1 is 1.18 bits per heavy atom. The monoisotopic (exact) mass is 463 g/mol. The van der Waals surface area contributed by atoms with Gasteiger partial charge in [0.15, 0.2) is 5.65 Å². The predicted octanol–water partition coefficient (Wildman–Crippen LogP) is 3.39. The highest BCUT2D eigenvalue weighted by molar-refractivity contribution is 5.94. The molecule has 2 heterocycles. The number of hydrogen-bond donors (Lipinski definition) is 1. The molecule has 0 fully saturated rings. The number of halogens is 1. The summed E-state index contributed by atoms with van der Waals surface area (Å²) in [7, 11) is 0. The van der Waals surface area contributed by atoms with Gasteiger partial charge in [0.05, 0.1) is 25.9 Å². The molecule has 0 aliphatic rings. The van der Waals surface area contributed by atoms with Gasteiger partial charge in [-0.15, -0.1) is 0 Å². The van der Waals surface area contributed by atoms with Crippen LogP contribution in [0.4, 0.5) is 4.39 Å². The highest BCUT2D eigenvalue weighted by atomic mass is 19.1. The van der Waals surface area contributed by atoms with Gasteiger partial charge in [-0.1, -0.05) is 25.5 Å². The minimum Gasteiger partial charge on any atom is -0.494 e. The maximum Gasteiger partial charge on any atom is 0.264 e. The number of hydrogen-bond acceptors (Lipinski definition) is 5. The lowest BCUT2D eigenvalue weighted by Crippen LogP contribution is -2.27. The Hall–Kier alpha value is -4.01. The summed E-state index contributed by atoms with van der Waals surface area (Å²) < 4.78 is 22.0. The number of carbonyl (C=O) groups is 1. The van der Waals surface area contributed by atoms with E-state index in [0.717, 1.165) is 18.6 Å². The molecule has 4 rings (SSSR count). The van der Waals surface area contributed by atoms with Crippen LogP contribution in [0.3, 0.4) is 0 Å². The summed E-state index contributed by atoms with van der Waals surface area (Å²) in [6.07, 6.45) is 4.94. The highest BCUT2D eigenvalue weighted by Gasteiger charge is 2.11. The van der Waals surface area contributed by atoms with E-state index in [1.807, 2.05) is 0 Å². The van der Waals surface area contributed by atoms with Gasteiger partial charge in [0.2, 0.25) is 0 Å². The molecule has 0 unspecified atom stereocenters. The molecule has 0 saturated heterocycles. The summed E-state index contributed by atoms with van der Waals surface area (Å²) in [5, 5.41) is 7.46. The second-order valence-electron chi connectivity index (χ2n) is 7.89. The summed E-state index contributed by atoms with van der Waals surface area (Å²) >= 11 is 0. The van der Waals surface area contributed by atoms with Crippen molar-refractivity contribution in [2.45, 2.75) is 32.9 Å². The van der Waals surface area contributed by atoms with Crippen molar-refractivity contribution >= 4 is 16.9 Å². The number of unbranched alkanes of at least 4 members (excludes halogenated alkanes) is 1. The van der Waals surface area contributed by atoms with Gasteiger partial charge in [-0.3, -0.25) is 14.2 Å². The van der Waals surface area contributed by atoms with Gasteiger partial charge in [-0.25, -0.2) is 14.1 Å². The first-order chi connectivity index (χ1) is 16.5. The topological polar surface area (TPSA) is 91.0 Å². The van der Waals surface area contributed by atoms with Crippen molar-refractivity contribution in [2.75, 3.05) is 13.2 Å². The van der Waals surface area contributed by atoms with Gasteiger partial charge in [0, 0.05) is 12.1 Å². The minimum absolute atomic E-state index is 0.207. The van der Waals surface area contributed by atoms with Crippen LogP contribution in [0.2, 0.25) is 0 Å². The van der Waals surface area contributed by atoms with Gasteiger partial charge < -0.3 is 10.1 Å². The third-order valence-electron chi connectivity index (χ3n) is 5.36. The van der Waals surface area contributed by atoms with E-state index in [2.05, 4.69) is 22.3 Å². The minimum atomic E-state index is -0.356. The number of benzene rings is 2. The molecule has 2 aromatic carbocycles. The maximum atomic E-state index is 13.4. The maximum absolute atomic E-state index is 13.4. The van der Waals surface area contributed by atoms with E-state index >= 15 is 0 Å². The van der Waals surface area contributed by atoms with E-state index < -0.39 is 0 Å². The zero-order valence-corrected chi connectivity index (χ0v) is 18.9. The zero-order chi connectivity index (χ0) is 23.9. The average molecular weight is 464 g/mol. The Balaban J connectivity index is 1.36. The molecule has 0 bridgehead atoms. The summed E-state index contributed by atoms with van der Waals surface area (Å²) in [6.45, 7) is 3.64. The predicted molar refractivity (Wildman–Crippen MR) is 126 cm³/mol. The molecule has 2 aromatic heterocycles. The number of nitrogens with zero attached hydrogens (tertiary/aromatic N) is 4. The first kappa shape index (κ1) is 23.2. The Kier molecular flexibility index (Phi) is 7.31. The van der Waals surface area contributed by atoms with Crippen LogP contribution in [0.5, 0.6) is 5.75 Å². The fourth-order valence-electron chi connectivity index (χ4n) is 3.52. The molecule has 0 atom stereocenters. The van der Waals surface area contributed by atoms with Crippen LogP contribution >= 0.6 is 0 Å². The Morgan fingerprint density at radius 3 is 2.76 bits per heavy atom. The number of carbonyl (C=O) groups excluding carboxylic acids is 1. The number of ether oxygens (including phenoxy) is 1. The van der Waals surface area contributed by atoms with Crippen LogP contribution in [-0.2, 0) is 13.1 Å². The summed E-state index contributed by atoms with van der Waals surface area (Å²) in [4.78, 5) is 29.6. The number of fused-ring (bicyclic) bond motifs is 1. The van der Waals surface area contributed by atoms with Crippen LogP contribution in [0.25, 0.3) is 11.0 Å². The number of amides is 1. The van der Waals surface area contributed by atoms with E-state index in [4.69, 9.17) is 4.74 Å². The third kappa shape index (κ3) is 5.48. The van der Waals surface area contributed by atoms with Crippen molar-refractivity contribution < 1.29 is 13.9 Å². The van der Waals surface area contributed by atoms with E-state index in [1.165, 1.54) is 29.2 Å². The molecule has 34 heavy (non-hydrogen) atoms. The summed E-state index contributed by atoms with van der Waals surface area (Å²) in [5.74, 6) is 0.176. The number of aromatic nitrogens is 4. The third-order valence-corrected chi connectivity index (χ3v) is 5.36. The van der Waals surface area contributed by atoms with Crippen LogP contribution in [0.1, 0.15) is 35.7 Å². The normalized spacial score (nSPS) is 11.0. The second-order valence-corrected chi connectivity index (χ2v) is 7.89. The number of nitrogens with one attached hydrogen (secondary N) is 1. The Bertz CT molecular complexity index is 1330. The molecule has 1 amide bonds. The summed E-state index contributed by atoms with van der Waals surface area (Å²) in [5.41, 5.74) is 1.37. The van der Waals surface area contributed by atoms with Crippen LogP contribution in [-0.4, -0.2) is 38.4 Å². The molecule has 0 saturated carbocycles. The molecule has 0 aliphatic heterocycles. The van der Waals surface area contributed by atoms with Crippen LogP contribution < -0.4 is 15.6 Å². The van der Waals surface area contributed by atoms with Crippen LogP contribution in [0.15, 0.2) is 65.8 Å². The fourth-order valence-corrected chi connectivity index (χ4v) is 3.52. The Labute approximate surface area is 196 Å². The highest BCUT2D eigenvalue weighted by Crippen LogP contribution is 2.13. The number of rotatable bonds is 10. The van der Waals surface area contributed by atoms with Crippen molar-refractivity contribution in [1.82, 2.24) is 24.6 Å². The van der Waals surface area contributed by atoms with Crippen molar-refractivity contribution in [3.63, 3.8) is 0 Å². The molecular weight excluding hydrogens is 437 g/mol. The van der Waals surface area contributed by atoms with Crippen molar-refractivity contribution in [2.24, 2.45) is 0 Å². The molecule has 0 spiro atoms. The van der Waals surface area contributed by atoms with Gasteiger partial charge in [0.25, 0.3) is 11.5 Å². The second kappa shape index (κ2) is 10.7. The molecule has 176 valence electrons. The fraction of sp³-hybridized carbons (Fsp3) is 0.280. The van der Waals surface area contributed by atoms with E-state index in [-0.39, 0.29) is 23.8 Å². The molecular formula is C25H26FN5O3. The molecule has 0 aliphatic carbocycles. The molecule has 0 radical (unpaired) electrons. The lowest BCUT2D eigenvalue weighted by Gasteiger charge is -2.09. The quantitative estimate of drug-likeness (QED) is 0.364. The van der Waals surface area contributed by atoms with E-state index in [0.29, 0.717) is 41.9 Å². The van der Waals surface area contributed by atoms with Gasteiger partial charge in [-0.05, 0) is 48.4 Å². The lowest BCUT2D eigenvalue weighted by atomic mass is 10.2. The standard InChI is InChI=1S/C25H26FN5O3/c1-2-3-13-34-21-9-7-19(8-10-21)24(32)27-11-12-31-23-22(15-29-31)25(33)30(17-28-23)16-18-5-4-6-20(26)14-18/h4-10,14-15,17H,2-3,11-13,16H2,1H3,(H,27,32). The summed E-state index contributed by atoms with van der Waals surface area (Å²) in [6, 6.07) is 13.1. The van der Waals surface area contributed by atoms with Gasteiger partial charge in [-0.2, -0.15) is 5.10 Å². The first-order valence-electron chi connectivity index (χ1n) is 11.2. The van der Waals surface area contributed by atoms with Crippen molar-refractivity contribution in [3.8, 4) is 5.75 Å². The van der Waals surface area contributed by atoms with E-state index in [1.54, 1.807) is 41.1 Å². The SMILES string of the molecule is CCCCOc1ccc(C(=O)NCCn2ncc3c(=O)n(Cc4cccc(F)c4)cnc32)cc1. The van der Waals surface area contributed by atoms with Gasteiger partial charge in [0.1, 0.15) is 23.3 Å². The van der Waals surface area contributed by atoms with Crippen LogP contribution in [0, 0.1) is 5.82 Å². The molecule has 4 aromatic rings. The average Bonchev–Trinajstić information content (AvgIpc) is 3.25. The van der Waals surface area contributed by atoms with Gasteiger partial charge >= 0.3 is 0 Å². The van der Waals surface area contributed by atoms with E-state index in [9.17, 15) is 14.0 Å². The first-order valence-corrected chi connectivity index (χ1v) is 11.2. The van der Waals surface area contributed by atoms with Crippen molar-refractivity contribution in [3.05, 3.63) is 88.4 Å². The zero-order valence-electron chi connectivity index (χ0n) is 18.9. The molecule has 1 N–H and O–H groups in total. The lowest BCUT2D eigenvalue weighted by molar-refractivity contribution is 0.0952. The molecule has 9 heteroatoms. The largest absolute Gasteiger partial charge is 0.494 e. The Morgan fingerprint density at radius 2 is 2.00 bits per heavy atom. The molecule has 8 nitrogen and oxygen atoms in total. The van der Waals surface area contributed by atoms with Crippen molar-refractivity contribution in [1.29, 1.82) is 0 Å². The smallest absolute Gasteiger partial charge is 0.264 e.